The highest BCUT2D eigenvalue weighted by Gasteiger charge is 2.51. The van der Waals surface area contributed by atoms with E-state index < -0.39 is 0 Å². The Labute approximate surface area is 171 Å². The van der Waals surface area contributed by atoms with Crippen molar-refractivity contribution in [1.29, 1.82) is 0 Å². The molecule has 0 aromatic heterocycles. The van der Waals surface area contributed by atoms with Crippen LogP contribution in [0, 0.1) is 0 Å². The van der Waals surface area contributed by atoms with E-state index in [-0.39, 0.29) is 29.3 Å². The molecule has 0 amide bonds. The van der Waals surface area contributed by atoms with Crippen molar-refractivity contribution in [3.63, 3.8) is 0 Å². The summed E-state index contributed by atoms with van der Waals surface area (Å²) in [6.45, 7) is 13.0. The number of benzene rings is 1. The van der Waals surface area contributed by atoms with Gasteiger partial charge in [-0.2, -0.15) is 5.06 Å². The Hall–Kier alpha value is -1.39. The maximum absolute atomic E-state index is 12.2. The molecule has 158 valence electrons. The highest BCUT2D eigenvalue weighted by atomic mass is 16.7. The Morgan fingerprint density at radius 3 is 2.36 bits per heavy atom. The van der Waals surface area contributed by atoms with Crippen molar-refractivity contribution in [2.24, 2.45) is 0 Å². The minimum atomic E-state index is -0.219. The molecule has 1 aliphatic heterocycles. The molecular formula is C24H39NO3. The van der Waals surface area contributed by atoms with E-state index >= 15 is 0 Å². The van der Waals surface area contributed by atoms with Crippen LogP contribution in [-0.2, 0) is 14.4 Å². The van der Waals surface area contributed by atoms with Crippen LogP contribution < -0.4 is 0 Å². The van der Waals surface area contributed by atoms with Crippen LogP contribution in [0.15, 0.2) is 30.3 Å². The van der Waals surface area contributed by atoms with Crippen molar-refractivity contribution in [1.82, 2.24) is 5.06 Å². The first-order valence-electron chi connectivity index (χ1n) is 11.0. The van der Waals surface area contributed by atoms with E-state index in [1.807, 2.05) is 6.07 Å². The maximum Gasteiger partial charge on any atom is 0.306 e. The van der Waals surface area contributed by atoms with Crippen molar-refractivity contribution in [3.8, 4) is 0 Å². The lowest BCUT2D eigenvalue weighted by Crippen LogP contribution is -2.64. The average Bonchev–Trinajstić information content (AvgIpc) is 2.68. The second kappa shape index (κ2) is 9.89. The van der Waals surface area contributed by atoms with E-state index in [4.69, 9.17) is 9.57 Å². The first-order chi connectivity index (χ1) is 13.3. The maximum atomic E-state index is 12.2. The molecule has 2 rings (SSSR count). The summed E-state index contributed by atoms with van der Waals surface area (Å²) in [6.07, 6.45) is 5.87. The van der Waals surface area contributed by atoms with Gasteiger partial charge in [0.15, 0.2) is 0 Å². The van der Waals surface area contributed by atoms with Gasteiger partial charge in [0.05, 0.1) is 0 Å². The number of hydrogen-bond acceptors (Lipinski definition) is 4. The van der Waals surface area contributed by atoms with Crippen molar-refractivity contribution in [3.05, 3.63) is 35.9 Å². The number of nitrogens with zero attached hydrogens (tertiary/aromatic N) is 1. The van der Waals surface area contributed by atoms with Gasteiger partial charge in [-0.1, -0.05) is 57.5 Å². The van der Waals surface area contributed by atoms with E-state index in [2.05, 4.69) is 70.9 Å². The molecule has 0 aliphatic carbocycles. The zero-order valence-corrected chi connectivity index (χ0v) is 18.7. The number of ether oxygens (including phenoxy) is 1. The Morgan fingerprint density at radius 2 is 1.79 bits per heavy atom. The van der Waals surface area contributed by atoms with Gasteiger partial charge in [0.1, 0.15) is 12.2 Å². The molecule has 28 heavy (non-hydrogen) atoms. The van der Waals surface area contributed by atoms with Gasteiger partial charge in [-0.15, -0.1) is 0 Å². The summed E-state index contributed by atoms with van der Waals surface area (Å²) in [4.78, 5) is 18.8. The highest BCUT2D eigenvalue weighted by molar-refractivity contribution is 5.69. The van der Waals surface area contributed by atoms with Crippen LogP contribution >= 0.6 is 0 Å². The van der Waals surface area contributed by atoms with Gasteiger partial charge in [0, 0.05) is 30.3 Å². The van der Waals surface area contributed by atoms with Crippen LogP contribution in [0.2, 0.25) is 0 Å². The van der Waals surface area contributed by atoms with Gasteiger partial charge in [-0.3, -0.25) is 9.63 Å². The predicted molar refractivity (Wildman–Crippen MR) is 114 cm³/mol. The molecule has 1 fully saturated rings. The number of carbonyl (C=O) groups is 1. The number of piperidine rings is 1. The summed E-state index contributed by atoms with van der Waals surface area (Å²) in [7, 11) is 0. The van der Waals surface area contributed by atoms with Crippen LogP contribution in [0.3, 0.4) is 0 Å². The zero-order valence-electron chi connectivity index (χ0n) is 18.7. The Bertz CT molecular complexity index is 610. The summed E-state index contributed by atoms with van der Waals surface area (Å²) < 4.78 is 5.90. The monoisotopic (exact) mass is 389 g/mol. The molecule has 1 aliphatic rings. The Morgan fingerprint density at radius 1 is 1.14 bits per heavy atom. The van der Waals surface area contributed by atoms with Crippen LogP contribution in [0.4, 0.5) is 0 Å². The number of esters is 1. The van der Waals surface area contributed by atoms with E-state index in [9.17, 15) is 4.79 Å². The van der Waals surface area contributed by atoms with Crippen LogP contribution in [0.1, 0.15) is 98.2 Å². The van der Waals surface area contributed by atoms with E-state index in [0.29, 0.717) is 6.42 Å². The molecular weight excluding hydrogens is 350 g/mol. The number of unbranched alkanes of at least 4 members (excludes halogenated alkanes) is 1. The van der Waals surface area contributed by atoms with Crippen molar-refractivity contribution in [2.45, 2.75) is 110 Å². The van der Waals surface area contributed by atoms with Crippen molar-refractivity contribution < 1.29 is 14.4 Å². The molecule has 0 radical (unpaired) electrons. The smallest absolute Gasteiger partial charge is 0.306 e. The summed E-state index contributed by atoms with van der Waals surface area (Å²) in [6, 6.07) is 10.4. The molecule has 4 heteroatoms. The number of hydroxylamine groups is 2. The summed E-state index contributed by atoms with van der Waals surface area (Å²) >= 11 is 0. The number of carbonyl (C=O) groups excluding carboxylic acids is 1. The molecule has 2 unspecified atom stereocenters. The lowest BCUT2D eigenvalue weighted by atomic mass is 9.75. The fourth-order valence-electron chi connectivity index (χ4n) is 4.53. The predicted octanol–water partition coefficient (Wildman–Crippen LogP) is 6.21. The zero-order chi connectivity index (χ0) is 20.8. The molecule has 1 heterocycles. The van der Waals surface area contributed by atoms with E-state index in [0.717, 1.165) is 38.5 Å². The van der Waals surface area contributed by atoms with Gasteiger partial charge >= 0.3 is 5.97 Å². The fraction of sp³-hybridized carbons (Fsp3) is 0.708. The molecule has 0 spiro atoms. The Kier molecular flexibility index (Phi) is 8.08. The van der Waals surface area contributed by atoms with Gasteiger partial charge in [0.2, 0.25) is 0 Å². The minimum absolute atomic E-state index is 0.0263. The second-order valence-corrected chi connectivity index (χ2v) is 8.82. The molecule has 1 saturated heterocycles. The summed E-state index contributed by atoms with van der Waals surface area (Å²) in [5, 5.41) is 2.23. The largest absolute Gasteiger partial charge is 0.462 e. The lowest BCUT2D eigenvalue weighted by molar-refractivity contribution is -0.323. The van der Waals surface area contributed by atoms with Crippen LogP contribution in [0.5, 0.6) is 0 Å². The normalized spacial score (nSPS) is 22.6. The molecule has 4 nitrogen and oxygen atoms in total. The molecule has 1 aromatic rings. The number of hydrogen-bond donors (Lipinski definition) is 0. The molecule has 0 saturated carbocycles. The Balaban J connectivity index is 2.19. The quantitative estimate of drug-likeness (QED) is 0.470. The summed E-state index contributed by atoms with van der Waals surface area (Å²) in [5.41, 5.74) is 0.816. The third-order valence-electron chi connectivity index (χ3n) is 6.20. The molecule has 0 N–H and O–H groups in total. The highest BCUT2D eigenvalue weighted by Crippen LogP contribution is 2.45. The van der Waals surface area contributed by atoms with Gasteiger partial charge < -0.3 is 4.74 Å². The van der Waals surface area contributed by atoms with Crippen LogP contribution in [-0.4, -0.2) is 28.2 Å². The third kappa shape index (κ3) is 5.36. The van der Waals surface area contributed by atoms with Crippen molar-refractivity contribution in [2.75, 3.05) is 0 Å². The summed E-state index contributed by atoms with van der Waals surface area (Å²) in [5.74, 6) is -0.0595. The third-order valence-corrected chi connectivity index (χ3v) is 6.20. The van der Waals surface area contributed by atoms with E-state index in [1.54, 1.807) is 0 Å². The number of rotatable bonds is 9. The van der Waals surface area contributed by atoms with E-state index in [1.165, 1.54) is 5.56 Å². The van der Waals surface area contributed by atoms with Crippen LogP contribution in [0.25, 0.3) is 0 Å². The van der Waals surface area contributed by atoms with Gasteiger partial charge in [-0.05, 0) is 45.6 Å². The second-order valence-electron chi connectivity index (χ2n) is 8.82. The average molecular weight is 390 g/mol. The topological polar surface area (TPSA) is 38.8 Å². The van der Waals surface area contributed by atoms with Gasteiger partial charge in [-0.25, -0.2) is 0 Å². The molecule has 1 aromatic carbocycles. The SMILES string of the molecule is CCCCC(=O)OC1CC(C)(C)N(OC(C)c2ccccc2)C(CC)(CC)C1. The molecule has 0 bridgehead atoms. The lowest BCUT2D eigenvalue weighted by Gasteiger charge is -2.56. The first-order valence-corrected chi connectivity index (χ1v) is 11.0. The molecule has 2 atom stereocenters. The first kappa shape index (κ1) is 22.9. The fourth-order valence-corrected chi connectivity index (χ4v) is 4.53. The minimum Gasteiger partial charge on any atom is -0.462 e. The standard InChI is InChI=1S/C24H39NO3/c1-7-10-16-22(26)27-21-17-23(5,6)25(24(8-2,9-3)18-21)28-19(4)20-14-12-11-13-15-20/h11-15,19,21H,7-10,16-18H2,1-6H3. The van der Waals surface area contributed by atoms with Gasteiger partial charge in [0.25, 0.3) is 0 Å². The van der Waals surface area contributed by atoms with Crippen molar-refractivity contribution >= 4 is 5.97 Å².